The third-order valence-electron chi connectivity index (χ3n) is 4.58. The van der Waals surface area contributed by atoms with E-state index in [4.69, 9.17) is 4.74 Å². The summed E-state index contributed by atoms with van der Waals surface area (Å²) in [7, 11) is 0. The van der Waals surface area contributed by atoms with Crippen molar-refractivity contribution in [3.8, 4) is 5.88 Å². The highest BCUT2D eigenvalue weighted by Gasteiger charge is 2.22. The number of anilines is 1. The maximum absolute atomic E-state index is 12.5. The van der Waals surface area contributed by atoms with Crippen molar-refractivity contribution >= 4 is 11.7 Å². The minimum Gasteiger partial charge on any atom is -0.475 e. The van der Waals surface area contributed by atoms with Crippen LogP contribution >= 0.6 is 0 Å². The Balaban J connectivity index is 1.54. The summed E-state index contributed by atoms with van der Waals surface area (Å²) in [6, 6.07) is 12.1. The van der Waals surface area contributed by atoms with E-state index >= 15 is 0 Å². The molecular formula is C21H28N4O2. The molecule has 0 radical (unpaired) electrons. The lowest BCUT2D eigenvalue weighted by Gasteiger charge is -2.35. The van der Waals surface area contributed by atoms with Crippen LogP contribution in [0, 0.1) is 6.92 Å². The normalized spacial score (nSPS) is 14.5. The van der Waals surface area contributed by atoms with Gasteiger partial charge >= 0.3 is 0 Å². The molecule has 1 amide bonds. The number of rotatable bonds is 6. The minimum absolute atomic E-state index is 0.0752. The average Bonchev–Trinajstić information content (AvgIpc) is 2.66. The summed E-state index contributed by atoms with van der Waals surface area (Å²) >= 11 is 0. The van der Waals surface area contributed by atoms with Gasteiger partial charge in [0.15, 0.2) is 0 Å². The van der Waals surface area contributed by atoms with E-state index in [1.54, 1.807) is 0 Å². The van der Waals surface area contributed by atoms with E-state index in [2.05, 4.69) is 27.0 Å². The molecule has 6 heteroatoms. The highest BCUT2D eigenvalue weighted by atomic mass is 16.5. The predicted octanol–water partition coefficient (Wildman–Crippen LogP) is 2.85. The smallest absolute Gasteiger partial charge is 0.223 e. The van der Waals surface area contributed by atoms with E-state index in [0.29, 0.717) is 18.1 Å². The molecule has 1 aromatic heterocycles. The van der Waals surface area contributed by atoms with Gasteiger partial charge in [-0.05, 0) is 32.8 Å². The van der Waals surface area contributed by atoms with Crippen LogP contribution in [0.1, 0.15) is 31.7 Å². The van der Waals surface area contributed by atoms with Crippen molar-refractivity contribution in [3.05, 3.63) is 47.8 Å². The largest absolute Gasteiger partial charge is 0.475 e. The summed E-state index contributed by atoms with van der Waals surface area (Å²) in [6.07, 6.45) is 1.43. The number of aryl methyl sites for hydroxylation is 2. The topological polar surface area (TPSA) is 58.6 Å². The molecule has 3 rings (SSSR count). The third-order valence-corrected chi connectivity index (χ3v) is 4.58. The lowest BCUT2D eigenvalue weighted by atomic mass is 10.1. The number of carbonyl (C=O) groups excluding carboxylic acids is 1. The fraction of sp³-hybridized carbons (Fsp3) is 0.476. The molecule has 2 heterocycles. The van der Waals surface area contributed by atoms with Crippen LogP contribution in [-0.4, -0.2) is 53.1 Å². The molecule has 1 aliphatic heterocycles. The number of benzene rings is 1. The van der Waals surface area contributed by atoms with Gasteiger partial charge in [0.05, 0.1) is 6.10 Å². The zero-order chi connectivity index (χ0) is 19.2. The van der Waals surface area contributed by atoms with Crippen LogP contribution < -0.4 is 9.64 Å². The lowest BCUT2D eigenvalue weighted by Crippen LogP contribution is -2.49. The molecule has 0 spiro atoms. The number of ether oxygens (including phenoxy) is 1. The van der Waals surface area contributed by atoms with Gasteiger partial charge in [-0.1, -0.05) is 30.3 Å². The first kappa shape index (κ1) is 19.1. The van der Waals surface area contributed by atoms with Crippen molar-refractivity contribution in [2.24, 2.45) is 0 Å². The van der Waals surface area contributed by atoms with Crippen molar-refractivity contribution in [1.82, 2.24) is 14.9 Å². The third kappa shape index (κ3) is 5.42. The highest BCUT2D eigenvalue weighted by Crippen LogP contribution is 2.20. The average molecular weight is 368 g/mol. The standard InChI is InChI=1S/C21H28N4O2/c1-16(2)27-20-15-19(22-17(3)23-20)24-11-13-25(14-12-24)21(26)10-9-18-7-5-4-6-8-18/h4-8,15-16H,9-14H2,1-3H3. The maximum atomic E-state index is 12.5. The van der Waals surface area contributed by atoms with Gasteiger partial charge in [-0.3, -0.25) is 4.79 Å². The Hall–Kier alpha value is -2.63. The molecule has 1 saturated heterocycles. The molecule has 0 unspecified atom stereocenters. The van der Waals surface area contributed by atoms with Gasteiger partial charge in [0, 0.05) is 38.7 Å². The summed E-state index contributed by atoms with van der Waals surface area (Å²) in [5, 5.41) is 0. The van der Waals surface area contributed by atoms with Crippen LogP contribution in [0.3, 0.4) is 0 Å². The Kier molecular flexibility index (Phi) is 6.27. The first-order valence-electron chi connectivity index (χ1n) is 9.60. The molecular weight excluding hydrogens is 340 g/mol. The number of hydrogen-bond acceptors (Lipinski definition) is 5. The number of carbonyl (C=O) groups is 1. The van der Waals surface area contributed by atoms with Crippen LogP contribution in [0.25, 0.3) is 0 Å². The molecule has 0 bridgehead atoms. The number of hydrogen-bond donors (Lipinski definition) is 0. The van der Waals surface area contributed by atoms with E-state index in [-0.39, 0.29) is 12.0 Å². The summed E-state index contributed by atoms with van der Waals surface area (Å²) in [5.74, 6) is 2.40. The van der Waals surface area contributed by atoms with Crippen LogP contribution in [0.4, 0.5) is 5.82 Å². The van der Waals surface area contributed by atoms with E-state index in [9.17, 15) is 4.79 Å². The summed E-state index contributed by atoms with van der Waals surface area (Å²) in [4.78, 5) is 25.5. The van der Waals surface area contributed by atoms with Gasteiger partial charge in [0.2, 0.25) is 11.8 Å². The minimum atomic E-state index is 0.0752. The van der Waals surface area contributed by atoms with Gasteiger partial charge in [0.1, 0.15) is 11.6 Å². The van der Waals surface area contributed by atoms with Gasteiger partial charge in [0.25, 0.3) is 0 Å². The Morgan fingerprint density at radius 3 is 2.48 bits per heavy atom. The van der Waals surface area contributed by atoms with E-state index in [1.807, 2.05) is 49.9 Å². The molecule has 6 nitrogen and oxygen atoms in total. The van der Waals surface area contributed by atoms with Gasteiger partial charge in [-0.15, -0.1) is 0 Å². The molecule has 2 aromatic rings. The molecule has 0 aliphatic carbocycles. The Morgan fingerprint density at radius 2 is 1.81 bits per heavy atom. The molecule has 1 aromatic carbocycles. The molecule has 0 N–H and O–H groups in total. The summed E-state index contributed by atoms with van der Waals surface area (Å²) < 4.78 is 5.72. The van der Waals surface area contributed by atoms with Crippen molar-refractivity contribution in [1.29, 1.82) is 0 Å². The zero-order valence-electron chi connectivity index (χ0n) is 16.4. The predicted molar refractivity (Wildman–Crippen MR) is 106 cm³/mol. The van der Waals surface area contributed by atoms with Crippen molar-refractivity contribution in [2.45, 2.75) is 39.7 Å². The second-order valence-corrected chi connectivity index (χ2v) is 7.13. The Morgan fingerprint density at radius 1 is 1.11 bits per heavy atom. The van der Waals surface area contributed by atoms with Crippen LogP contribution in [0.15, 0.2) is 36.4 Å². The number of amides is 1. The van der Waals surface area contributed by atoms with Crippen molar-refractivity contribution < 1.29 is 9.53 Å². The van der Waals surface area contributed by atoms with Crippen LogP contribution in [0.5, 0.6) is 5.88 Å². The molecule has 144 valence electrons. The van der Waals surface area contributed by atoms with Crippen molar-refractivity contribution in [3.63, 3.8) is 0 Å². The zero-order valence-corrected chi connectivity index (χ0v) is 16.4. The fourth-order valence-corrected chi connectivity index (χ4v) is 3.23. The quantitative estimate of drug-likeness (QED) is 0.785. The molecule has 0 saturated carbocycles. The number of piperazine rings is 1. The summed E-state index contributed by atoms with van der Waals surface area (Å²) in [5.41, 5.74) is 1.21. The van der Waals surface area contributed by atoms with Gasteiger partial charge < -0.3 is 14.5 Å². The highest BCUT2D eigenvalue weighted by molar-refractivity contribution is 5.76. The maximum Gasteiger partial charge on any atom is 0.223 e. The molecule has 27 heavy (non-hydrogen) atoms. The van der Waals surface area contributed by atoms with Crippen LogP contribution in [0.2, 0.25) is 0 Å². The summed E-state index contributed by atoms with van der Waals surface area (Å²) in [6.45, 7) is 8.82. The van der Waals surface area contributed by atoms with Gasteiger partial charge in [-0.25, -0.2) is 4.98 Å². The fourth-order valence-electron chi connectivity index (χ4n) is 3.23. The number of aromatic nitrogens is 2. The molecule has 1 aliphatic rings. The molecule has 1 fully saturated rings. The van der Waals surface area contributed by atoms with Crippen LogP contribution in [-0.2, 0) is 11.2 Å². The Bertz CT molecular complexity index is 756. The molecule has 0 atom stereocenters. The first-order valence-corrected chi connectivity index (χ1v) is 9.60. The first-order chi connectivity index (χ1) is 13.0. The second-order valence-electron chi connectivity index (χ2n) is 7.13. The van der Waals surface area contributed by atoms with Gasteiger partial charge in [-0.2, -0.15) is 4.98 Å². The second kappa shape index (κ2) is 8.84. The SMILES string of the molecule is Cc1nc(OC(C)C)cc(N2CCN(C(=O)CCc3ccccc3)CC2)n1. The van der Waals surface area contributed by atoms with E-state index < -0.39 is 0 Å². The van der Waals surface area contributed by atoms with E-state index in [0.717, 1.165) is 38.4 Å². The lowest BCUT2D eigenvalue weighted by molar-refractivity contribution is -0.131. The van der Waals surface area contributed by atoms with E-state index in [1.165, 1.54) is 5.56 Å². The monoisotopic (exact) mass is 368 g/mol. The number of nitrogens with zero attached hydrogens (tertiary/aromatic N) is 4. The Labute approximate surface area is 161 Å². The van der Waals surface area contributed by atoms with Crippen molar-refractivity contribution in [2.75, 3.05) is 31.1 Å².